The van der Waals surface area contributed by atoms with Gasteiger partial charge >= 0.3 is 0 Å². The van der Waals surface area contributed by atoms with Crippen molar-refractivity contribution in [2.75, 3.05) is 31.1 Å². The Morgan fingerprint density at radius 1 is 1.10 bits per heavy atom. The van der Waals surface area contributed by atoms with E-state index in [1.807, 2.05) is 24.6 Å². The molecule has 1 aliphatic heterocycles. The van der Waals surface area contributed by atoms with Crippen molar-refractivity contribution in [1.82, 2.24) is 34.9 Å². The number of aliphatic imine (C=N–C) groups is 1. The fraction of sp³-hybridized carbons (Fsp3) is 0.632. The van der Waals surface area contributed by atoms with Crippen LogP contribution in [0.3, 0.4) is 0 Å². The minimum absolute atomic E-state index is 0. The molecule has 0 aromatic carbocycles. The monoisotopic (exact) mass is 511 g/mol. The van der Waals surface area contributed by atoms with Crippen LogP contribution in [-0.2, 0) is 13.6 Å². The lowest BCUT2D eigenvalue weighted by molar-refractivity contribution is 0.362. The van der Waals surface area contributed by atoms with Gasteiger partial charge in [-0.25, -0.2) is 15.0 Å². The molecule has 3 heterocycles. The van der Waals surface area contributed by atoms with Gasteiger partial charge in [0.05, 0.1) is 0 Å². The number of nitrogens with one attached hydrogen (secondary N) is 1. The third-order valence-corrected chi connectivity index (χ3v) is 5.66. The first kappa shape index (κ1) is 21.7. The number of halogens is 1. The van der Waals surface area contributed by atoms with Gasteiger partial charge in [-0.2, -0.15) is 0 Å². The molecule has 2 aromatic heterocycles. The molecule has 1 saturated heterocycles. The summed E-state index contributed by atoms with van der Waals surface area (Å²) in [6.07, 6.45) is 8.64. The SMILES string of the molecule is Cc1nnc(CN=C(NC2CCCC2)N2CCN(c3ncccn3)CC2)n1C.I. The average Bonchev–Trinajstić information content (AvgIpc) is 3.37. The van der Waals surface area contributed by atoms with Crippen LogP contribution in [0.1, 0.15) is 37.3 Å². The van der Waals surface area contributed by atoms with Crippen molar-refractivity contribution in [2.24, 2.45) is 12.0 Å². The first-order valence-corrected chi connectivity index (χ1v) is 10.1. The van der Waals surface area contributed by atoms with Gasteiger partial charge in [0.25, 0.3) is 0 Å². The predicted octanol–water partition coefficient (Wildman–Crippen LogP) is 1.74. The lowest BCUT2D eigenvalue weighted by atomic mass is 10.2. The molecule has 9 nitrogen and oxygen atoms in total. The number of nitrogens with zero attached hydrogens (tertiary/aromatic N) is 8. The van der Waals surface area contributed by atoms with Crippen molar-refractivity contribution >= 4 is 35.9 Å². The Kier molecular flexibility index (Phi) is 7.62. The molecule has 158 valence electrons. The lowest BCUT2D eigenvalue weighted by Gasteiger charge is -2.37. The first-order valence-electron chi connectivity index (χ1n) is 10.1. The zero-order valence-electron chi connectivity index (χ0n) is 17.2. The number of hydrogen-bond acceptors (Lipinski definition) is 6. The van der Waals surface area contributed by atoms with Crippen LogP contribution in [0.25, 0.3) is 0 Å². The number of anilines is 1. The van der Waals surface area contributed by atoms with Gasteiger partial charge in [0, 0.05) is 51.7 Å². The molecule has 4 rings (SSSR count). The third-order valence-electron chi connectivity index (χ3n) is 5.66. The van der Waals surface area contributed by atoms with Gasteiger partial charge in [-0.05, 0) is 25.8 Å². The quantitative estimate of drug-likeness (QED) is 0.380. The van der Waals surface area contributed by atoms with Crippen molar-refractivity contribution in [1.29, 1.82) is 0 Å². The number of aryl methyl sites for hydroxylation is 1. The summed E-state index contributed by atoms with van der Waals surface area (Å²) in [6.45, 7) is 6.07. The normalized spacial score (nSPS) is 18.1. The van der Waals surface area contributed by atoms with Crippen molar-refractivity contribution < 1.29 is 0 Å². The molecule has 2 aliphatic rings. The van der Waals surface area contributed by atoms with Crippen LogP contribution < -0.4 is 10.2 Å². The second-order valence-electron chi connectivity index (χ2n) is 7.51. The maximum absolute atomic E-state index is 4.91. The standard InChI is InChI=1S/C19H29N9.HI/c1-15-24-25-17(26(15)2)14-22-19(23-16-6-3-4-7-16)28-12-10-27(11-13-28)18-20-8-5-9-21-18;/h5,8-9,16H,3-4,6-7,10-14H2,1-2H3,(H,22,23);1H. The topological polar surface area (TPSA) is 87.4 Å². The first-order chi connectivity index (χ1) is 13.7. The molecule has 1 N–H and O–H groups in total. The van der Waals surface area contributed by atoms with E-state index in [-0.39, 0.29) is 24.0 Å². The van der Waals surface area contributed by atoms with Crippen LogP contribution in [0, 0.1) is 6.92 Å². The molecule has 10 heteroatoms. The van der Waals surface area contributed by atoms with Crippen LogP contribution in [-0.4, -0.2) is 67.8 Å². The number of rotatable bonds is 4. The number of hydrogen-bond donors (Lipinski definition) is 1. The molecule has 0 radical (unpaired) electrons. The Labute approximate surface area is 189 Å². The molecule has 2 fully saturated rings. The number of aromatic nitrogens is 5. The van der Waals surface area contributed by atoms with Crippen molar-refractivity contribution in [2.45, 2.75) is 45.2 Å². The maximum Gasteiger partial charge on any atom is 0.225 e. The summed E-state index contributed by atoms with van der Waals surface area (Å²) in [6, 6.07) is 2.37. The van der Waals surface area contributed by atoms with Gasteiger partial charge in [0.1, 0.15) is 12.4 Å². The zero-order chi connectivity index (χ0) is 19.3. The highest BCUT2D eigenvalue weighted by atomic mass is 127. The molecular weight excluding hydrogens is 481 g/mol. The van der Waals surface area contributed by atoms with Gasteiger partial charge in [0.2, 0.25) is 5.95 Å². The van der Waals surface area contributed by atoms with E-state index in [9.17, 15) is 0 Å². The Hall–Kier alpha value is -1.98. The van der Waals surface area contributed by atoms with Gasteiger partial charge in [-0.1, -0.05) is 12.8 Å². The zero-order valence-corrected chi connectivity index (χ0v) is 19.5. The Morgan fingerprint density at radius 3 is 2.41 bits per heavy atom. The molecule has 0 atom stereocenters. The molecule has 1 aliphatic carbocycles. The molecule has 0 bridgehead atoms. The van der Waals surface area contributed by atoms with Crippen LogP contribution >= 0.6 is 24.0 Å². The summed E-state index contributed by atoms with van der Waals surface area (Å²) in [7, 11) is 1.99. The van der Waals surface area contributed by atoms with E-state index >= 15 is 0 Å². The minimum Gasteiger partial charge on any atom is -0.353 e. The second-order valence-corrected chi connectivity index (χ2v) is 7.51. The minimum atomic E-state index is 0. The van der Waals surface area contributed by atoms with Crippen LogP contribution in [0.5, 0.6) is 0 Å². The summed E-state index contributed by atoms with van der Waals surface area (Å²) < 4.78 is 2.00. The van der Waals surface area contributed by atoms with E-state index in [1.165, 1.54) is 25.7 Å². The summed E-state index contributed by atoms with van der Waals surface area (Å²) in [4.78, 5) is 18.2. The highest BCUT2D eigenvalue weighted by Gasteiger charge is 2.24. The number of piperazine rings is 1. The van der Waals surface area contributed by atoms with Gasteiger partial charge in [0.15, 0.2) is 11.8 Å². The molecule has 0 amide bonds. The van der Waals surface area contributed by atoms with Crippen molar-refractivity contribution in [3.8, 4) is 0 Å². The highest BCUT2D eigenvalue weighted by Crippen LogP contribution is 2.18. The molecular formula is C19H30IN9. The van der Waals surface area contributed by atoms with E-state index in [4.69, 9.17) is 4.99 Å². The molecule has 29 heavy (non-hydrogen) atoms. The lowest BCUT2D eigenvalue weighted by Crippen LogP contribution is -2.54. The van der Waals surface area contributed by atoms with Crippen LogP contribution in [0.2, 0.25) is 0 Å². The van der Waals surface area contributed by atoms with E-state index in [0.717, 1.165) is 49.7 Å². The molecule has 0 unspecified atom stereocenters. The highest BCUT2D eigenvalue weighted by molar-refractivity contribution is 14.0. The van der Waals surface area contributed by atoms with E-state index in [2.05, 4.69) is 35.3 Å². The van der Waals surface area contributed by atoms with Crippen molar-refractivity contribution in [3.63, 3.8) is 0 Å². The summed E-state index contributed by atoms with van der Waals surface area (Å²) in [5, 5.41) is 12.1. The fourth-order valence-electron chi connectivity index (χ4n) is 3.80. The van der Waals surface area contributed by atoms with E-state index in [1.54, 1.807) is 12.4 Å². The molecule has 1 saturated carbocycles. The Bertz CT molecular complexity index is 793. The Morgan fingerprint density at radius 2 is 1.79 bits per heavy atom. The van der Waals surface area contributed by atoms with E-state index < -0.39 is 0 Å². The van der Waals surface area contributed by atoms with Crippen LogP contribution in [0.4, 0.5) is 5.95 Å². The summed E-state index contributed by atoms with van der Waals surface area (Å²) in [5.41, 5.74) is 0. The second kappa shape index (κ2) is 10.2. The summed E-state index contributed by atoms with van der Waals surface area (Å²) in [5.74, 6) is 3.59. The van der Waals surface area contributed by atoms with Gasteiger partial charge in [-0.3, -0.25) is 0 Å². The predicted molar refractivity (Wildman–Crippen MR) is 124 cm³/mol. The van der Waals surface area contributed by atoms with Gasteiger partial charge < -0.3 is 19.7 Å². The molecule has 2 aromatic rings. The molecule has 0 spiro atoms. The Balaban J connectivity index is 0.00000240. The van der Waals surface area contributed by atoms with Gasteiger partial charge in [-0.15, -0.1) is 34.2 Å². The van der Waals surface area contributed by atoms with Crippen LogP contribution in [0.15, 0.2) is 23.5 Å². The summed E-state index contributed by atoms with van der Waals surface area (Å²) >= 11 is 0. The van der Waals surface area contributed by atoms with Crippen molar-refractivity contribution in [3.05, 3.63) is 30.1 Å². The largest absolute Gasteiger partial charge is 0.353 e. The van der Waals surface area contributed by atoms with E-state index in [0.29, 0.717) is 12.6 Å². The number of guanidine groups is 1. The maximum atomic E-state index is 4.91. The smallest absolute Gasteiger partial charge is 0.225 e. The fourth-order valence-corrected chi connectivity index (χ4v) is 3.80. The third kappa shape index (κ3) is 5.34. The average molecular weight is 511 g/mol.